The van der Waals surface area contributed by atoms with E-state index in [1.54, 1.807) is 29.8 Å². The van der Waals surface area contributed by atoms with Crippen LogP contribution in [0.2, 0.25) is 0 Å². The van der Waals surface area contributed by atoms with Crippen molar-refractivity contribution in [3.05, 3.63) is 73.5 Å². The van der Waals surface area contributed by atoms with E-state index in [2.05, 4.69) is 23.9 Å². The van der Waals surface area contributed by atoms with Crippen molar-refractivity contribution >= 4 is 11.7 Å². The zero-order chi connectivity index (χ0) is 31.9. The number of hydrogen-bond acceptors (Lipinski definition) is 8. The fourth-order valence-corrected chi connectivity index (χ4v) is 2.69. The zero-order valence-corrected chi connectivity index (χ0v) is 25.5. The minimum atomic E-state index is -1.14. The van der Waals surface area contributed by atoms with E-state index in [0.29, 0.717) is 45.6 Å². The third-order valence-corrected chi connectivity index (χ3v) is 4.69. The highest BCUT2D eigenvalue weighted by Gasteiger charge is 2.15. The lowest BCUT2D eigenvalue weighted by Gasteiger charge is -2.30. The molecule has 0 aromatic rings. The van der Waals surface area contributed by atoms with Crippen LogP contribution in [-0.2, 0) is 14.3 Å². The molecule has 0 aliphatic rings. The molecule has 0 fully saturated rings. The molecule has 1 atom stereocenters. The number of nitrogens with one attached hydrogen (secondary N) is 2. The lowest BCUT2D eigenvalue weighted by Crippen LogP contribution is -2.46. The maximum Gasteiger partial charge on any atom is 0.247 e. The van der Waals surface area contributed by atoms with E-state index in [4.69, 9.17) is 9.84 Å². The van der Waals surface area contributed by atoms with Gasteiger partial charge in [0.1, 0.15) is 12.1 Å². The molecule has 0 aliphatic heterocycles. The van der Waals surface area contributed by atoms with Gasteiger partial charge in [-0.2, -0.15) is 0 Å². The van der Waals surface area contributed by atoms with Crippen LogP contribution in [-0.4, -0.2) is 84.2 Å². The molecule has 0 radical (unpaired) electrons. The van der Waals surface area contributed by atoms with E-state index in [1.807, 2.05) is 20.8 Å². The number of aliphatic hydroxyl groups is 2. The SMILES string of the molecule is C=CCCN(CN(CCCOCC)C(=O)/C=C/C(=O)CC)N/C=C/C(O)NC/C(=C/C=C/F)C(=C)F.CC.CCO. The third kappa shape index (κ3) is 27.0. The first-order valence-electron chi connectivity index (χ1n) is 13.9. The standard InChI is InChI=1S/C26H40F2N4O4.C2H6O.C2H6/c1-5-8-18-32(30-16-14-25(34)29-20-23(22(4)28)11-9-15-27)21-31(17-10-19-36-7-3)26(35)13-12-24(33)6-2;1-2-3;1-2/h5,9,11-16,25,29-30,34H,1,4,6-8,10,17-21H2,2-3H3;3H,2H2,1H3;1-2H3/b13-12+,15-9+,16-14+,23-11-;;. The summed E-state index contributed by atoms with van der Waals surface area (Å²) in [7, 11) is 0. The Labute approximate surface area is 245 Å². The van der Waals surface area contributed by atoms with Gasteiger partial charge in [-0.05, 0) is 44.9 Å². The normalized spacial score (nSPS) is 12.1. The highest BCUT2D eigenvalue weighted by molar-refractivity contribution is 5.97. The maximum atomic E-state index is 13.4. The van der Waals surface area contributed by atoms with Gasteiger partial charge in [-0.15, -0.1) is 6.58 Å². The number of nitrogens with zero attached hydrogens (tertiary/aromatic N) is 2. The predicted octanol–water partition coefficient (Wildman–Crippen LogP) is 4.46. The fraction of sp³-hybridized carbons (Fsp3) is 0.533. The third-order valence-electron chi connectivity index (χ3n) is 4.69. The molecule has 41 heavy (non-hydrogen) atoms. The predicted molar refractivity (Wildman–Crippen MR) is 163 cm³/mol. The summed E-state index contributed by atoms with van der Waals surface area (Å²) in [6.45, 7) is 18.6. The summed E-state index contributed by atoms with van der Waals surface area (Å²) >= 11 is 0. The van der Waals surface area contributed by atoms with Crippen molar-refractivity contribution in [3.63, 3.8) is 0 Å². The Morgan fingerprint density at radius 1 is 1.15 bits per heavy atom. The number of carbonyl (C=O) groups is 2. The lowest BCUT2D eigenvalue weighted by molar-refractivity contribution is -0.129. The fourth-order valence-electron chi connectivity index (χ4n) is 2.69. The number of amides is 1. The number of aliphatic hydroxyl groups excluding tert-OH is 2. The van der Waals surface area contributed by atoms with Crippen LogP contribution >= 0.6 is 0 Å². The molecule has 0 aromatic heterocycles. The van der Waals surface area contributed by atoms with Crippen LogP contribution in [0.15, 0.2) is 73.5 Å². The van der Waals surface area contributed by atoms with Crippen LogP contribution in [0.5, 0.6) is 0 Å². The van der Waals surface area contributed by atoms with Gasteiger partial charge in [0.05, 0.1) is 13.0 Å². The Morgan fingerprint density at radius 2 is 1.80 bits per heavy atom. The van der Waals surface area contributed by atoms with Gasteiger partial charge in [0.2, 0.25) is 5.91 Å². The van der Waals surface area contributed by atoms with Gasteiger partial charge < -0.3 is 25.3 Å². The monoisotopic (exact) mass is 586 g/mol. The van der Waals surface area contributed by atoms with Crippen LogP contribution in [0.3, 0.4) is 0 Å². The quantitative estimate of drug-likeness (QED) is 0.0390. The first kappa shape index (κ1) is 42.5. The van der Waals surface area contributed by atoms with Crippen LogP contribution in [0.1, 0.15) is 53.9 Å². The topological polar surface area (TPSA) is 114 Å². The van der Waals surface area contributed by atoms with Crippen molar-refractivity contribution in [1.29, 1.82) is 0 Å². The summed E-state index contributed by atoms with van der Waals surface area (Å²) in [6, 6.07) is 0. The highest BCUT2D eigenvalue weighted by atomic mass is 19.1. The van der Waals surface area contributed by atoms with Gasteiger partial charge in [-0.25, -0.2) is 13.8 Å². The number of carbonyl (C=O) groups excluding carboxylic acids is 2. The summed E-state index contributed by atoms with van der Waals surface area (Å²) in [4.78, 5) is 25.9. The summed E-state index contributed by atoms with van der Waals surface area (Å²) in [5.41, 5.74) is 3.11. The molecule has 0 rings (SSSR count). The van der Waals surface area contributed by atoms with Crippen molar-refractivity contribution in [1.82, 2.24) is 20.7 Å². The average Bonchev–Trinajstić information content (AvgIpc) is 2.96. The van der Waals surface area contributed by atoms with E-state index < -0.39 is 12.1 Å². The van der Waals surface area contributed by atoms with E-state index in [9.17, 15) is 23.5 Å². The molecule has 0 saturated heterocycles. The van der Waals surface area contributed by atoms with E-state index in [0.717, 1.165) is 6.08 Å². The number of allylic oxidation sites excluding steroid dienone is 3. The molecule has 0 spiro atoms. The van der Waals surface area contributed by atoms with Crippen molar-refractivity contribution in [3.8, 4) is 0 Å². The molecule has 0 aromatic carbocycles. The molecule has 4 N–H and O–H groups in total. The van der Waals surface area contributed by atoms with Crippen molar-refractivity contribution in [2.75, 3.05) is 46.1 Å². The molecule has 0 aliphatic carbocycles. The summed E-state index contributed by atoms with van der Waals surface area (Å²) in [5, 5.41) is 22.1. The van der Waals surface area contributed by atoms with Gasteiger partial charge in [0, 0.05) is 63.7 Å². The van der Waals surface area contributed by atoms with Crippen LogP contribution in [0.4, 0.5) is 8.78 Å². The number of ether oxygens (including phenoxy) is 1. The number of ketones is 1. The Kier molecular flexibility index (Phi) is 32.7. The summed E-state index contributed by atoms with van der Waals surface area (Å²) in [5.74, 6) is -1.19. The summed E-state index contributed by atoms with van der Waals surface area (Å²) < 4.78 is 30.9. The van der Waals surface area contributed by atoms with Crippen molar-refractivity contribution < 1.29 is 33.3 Å². The van der Waals surface area contributed by atoms with Gasteiger partial charge in [0.25, 0.3) is 0 Å². The van der Waals surface area contributed by atoms with Gasteiger partial charge in [-0.1, -0.05) is 39.5 Å². The average molecular weight is 587 g/mol. The molecule has 11 heteroatoms. The van der Waals surface area contributed by atoms with Gasteiger partial charge in [0.15, 0.2) is 5.78 Å². The van der Waals surface area contributed by atoms with Crippen LogP contribution in [0.25, 0.3) is 0 Å². The second kappa shape index (κ2) is 31.6. The number of rotatable bonds is 21. The van der Waals surface area contributed by atoms with E-state index >= 15 is 0 Å². The highest BCUT2D eigenvalue weighted by Crippen LogP contribution is 2.08. The Hall–Kier alpha value is -2.96. The molecular formula is C30H52F2N4O5. The number of halogens is 2. The molecule has 9 nitrogen and oxygen atoms in total. The first-order chi connectivity index (χ1) is 19.7. The van der Waals surface area contributed by atoms with Gasteiger partial charge >= 0.3 is 0 Å². The summed E-state index contributed by atoms with van der Waals surface area (Å²) in [6.07, 6.45) is 10.1. The smallest absolute Gasteiger partial charge is 0.247 e. The number of hydrogen-bond donors (Lipinski definition) is 4. The Bertz CT molecular complexity index is 817. The lowest BCUT2D eigenvalue weighted by atomic mass is 10.2. The molecule has 0 heterocycles. The second-order valence-electron chi connectivity index (χ2n) is 7.83. The van der Waals surface area contributed by atoms with Crippen molar-refractivity contribution in [2.24, 2.45) is 0 Å². The Morgan fingerprint density at radius 3 is 2.34 bits per heavy atom. The van der Waals surface area contributed by atoms with Crippen molar-refractivity contribution in [2.45, 2.75) is 60.1 Å². The van der Waals surface area contributed by atoms with Crippen LogP contribution < -0.4 is 10.7 Å². The maximum absolute atomic E-state index is 13.4. The largest absolute Gasteiger partial charge is 0.397 e. The molecule has 236 valence electrons. The Balaban J connectivity index is -0.00000269. The van der Waals surface area contributed by atoms with E-state index in [-0.39, 0.29) is 43.4 Å². The molecule has 0 bridgehead atoms. The molecule has 1 amide bonds. The first-order valence-corrected chi connectivity index (χ1v) is 13.9. The van der Waals surface area contributed by atoms with Crippen LogP contribution in [0, 0.1) is 0 Å². The minimum Gasteiger partial charge on any atom is -0.397 e. The second-order valence-corrected chi connectivity index (χ2v) is 7.83. The van der Waals surface area contributed by atoms with E-state index in [1.165, 1.54) is 30.5 Å². The molecular weight excluding hydrogens is 534 g/mol. The molecule has 1 unspecified atom stereocenters. The molecule has 0 saturated carbocycles. The zero-order valence-electron chi connectivity index (χ0n) is 25.5. The van der Waals surface area contributed by atoms with Gasteiger partial charge in [-0.3, -0.25) is 14.9 Å². The minimum absolute atomic E-state index is 0.0731. The number of hydrazine groups is 1.